The number of carbonyl (C=O) groups is 1. The van der Waals surface area contributed by atoms with Crippen molar-refractivity contribution in [2.45, 2.75) is 64.7 Å². The highest BCUT2D eigenvalue weighted by atomic mass is 16.1. The van der Waals surface area contributed by atoms with Crippen LogP contribution in [0.1, 0.15) is 60.4 Å². The van der Waals surface area contributed by atoms with Gasteiger partial charge >= 0.3 is 0 Å². The number of aryl methyl sites for hydroxylation is 3. The molecule has 0 saturated heterocycles. The second-order valence-corrected chi connectivity index (χ2v) is 8.44. The molecule has 1 saturated carbocycles. The van der Waals surface area contributed by atoms with Crippen LogP contribution in [0.25, 0.3) is 5.78 Å². The molecule has 152 valence electrons. The quantitative estimate of drug-likeness (QED) is 0.721. The van der Waals surface area contributed by atoms with E-state index in [-0.39, 0.29) is 17.7 Å². The molecular formula is C23H29N5O. The molecule has 0 bridgehead atoms. The second kappa shape index (κ2) is 7.93. The Morgan fingerprint density at radius 3 is 2.66 bits per heavy atom. The van der Waals surface area contributed by atoms with Crippen molar-refractivity contribution in [2.24, 2.45) is 0 Å². The average molecular weight is 392 g/mol. The first-order chi connectivity index (χ1) is 13.9. The third-order valence-electron chi connectivity index (χ3n) is 6.05. The van der Waals surface area contributed by atoms with Crippen molar-refractivity contribution in [2.75, 3.05) is 6.54 Å². The third kappa shape index (κ3) is 4.16. The molecule has 1 N–H and O–H groups in total. The molecule has 0 radical (unpaired) electrons. The molecule has 29 heavy (non-hydrogen) atoms. The predicted octanol–water partition coefficient (Wildman–Crippen LogP) is 3.61. The molecule has 0 atom stereocenters. The topological polar surface area (TPSA) is 72.2 Å². The molecule has 1 aliphatic rings. The maximum Gasteiger partial charge on any atom is 0.252 e. The van der Waals surface area contributed by atoms with E-state index in [1.807, 2.05) is 19.9 Å². The van der Waals surface area contributed by atoms with Gasteiger partial charge in [-0.05, 0) is 45.2 Å². The Morgan fingerprint density at radius 1 is 1.10 bits per heavy atom. The van der Waals surface area contributed by atoms with E-state index in [0.717, 1.165) is 24.2 Å². The third-order valence-corrected chi connectivity index (χ3v) is 6.05. The summed E-state index contributed by atoms with van der Waals surface area (Å²) >= 11 is 0. The van der Waals surface area contributed by atoms with Crippen LogP contribution >= 0.6 is 0 Å². The van der Waals surface area contributed by atoms with Crippen molar-refractivity contribution in [1.82, 2.24) is 24.9 Å². The monoisotopic (exact) mass is 391 g/mol. The predicted molar refractivity (Wildman–Crippen MR) is 113 cm³/mol. The van der Waals surface area contributed by atoms with Crippen molar-refractivity contribution < 1.29 is 4.79 Å². The van der Waals surface area contributed by atoms with Crippen LogP contribution in [0.15, 0.2) is 30.3 Å². The molecule has 2 aromatic heterocycles. The van der Waals surface area contributed by atoms with Crippen molar-refractivity contribution in [3.63, 3.8) is 0 Å². The fourth-order valence-corrected chi connectivity index (χ4v) is 4.53. The van der Waals surface area contributed by atoms with Crippen LogP contribution in [0.4, 0.5) is 0 Å². The van der Waals surface area contributed by atoms with Crippen LogP contribution < -0.4 is 5.32 Å². The molecule has 4 rings (SSSR count). The first-order valence-electron chi connectivity index (χ1n) is 10.5. The molecular weight excluding hydrogens is 362 g/mol. The molecule has 1 amide bonds. The minimum absolute atomic E-state index is 0.0293. The average Bonchev–Trinajstić information content (AvgIpc) is 3.10. The Hall–Kier alpha value is -2.76. The fraction of sp³-hybridized carbons (Fsp3) is 0.478. The van der Waals surface area contributed by atoms with Gasteiger partial charge in [-0.2, -0.15) is 4.98 Å². The Kier molecular flexibility index (Phi) is 5.35. The summed E-state index contributed by atoms with van der Waals surface area (Å²) in [5.74, 6) is 1.03. The van der Waals surface area contributed by atoms with Crippen LogP contribution in [0.3, 0.4) is 0 Å². The summed E-state index contributed by atoms with van der Waals surface area (Å²) in [4.78, 5) is 21.5. The molecule has 1 fully saturated rings. The van der Waals surface area contributed by atoms with E-state index in [9.17, 15) is 4.79 Å². The summed E-state index contributed by atoms with van der Waals surface area (Å²) in [5.41, 5.74) is 4.51. The van der Waals surface area contributed by atoms with Gasteiger partial charge in [0, 0.05) is 23.3 Å². The zero-order chi connectivity index (χ0) is 20.4. The highest BCUT2D eigenvalue weighted by molar-refractivity contribution is 5.78. The molecule has 6 heteroatoms. The van der Waals surface area contributed by atoms with Crippen molar-refractivity contribution >= 4 is 11.7 Å². The molecule has 3 aromatic rings. The van der Waals surface area contributed by atoms with E-state index in [2.05, 4.69) is 51.6 Å². The molecule has 0 spiro atoms. The second-order valence-electron chi connectivity index (χ2n) is 8.44. The van der Waals surface area contributed by atoms with E-state index in [1.54, 1.807) is 4.52 Å². The summed E-state index contributed by atoms with van der Waals surface area (Å²) in [6, 6.07) is 10.7. The number of fused-ring (bicyclic) bond motifs is 1. The Bertz CT molecular complexity index is 1030. The van der Waals surface area contributed by atoms with Crippen LogP contribution in [0.5, 0.6) is 0 Å². The normalized spacial score (nSPS) is 16.1. The van der Waals surface area contributed by atoms with E-state index >= 15 is 0 Å². The van der Waals surface area contributed by atoms with Gasteiger partial charge in [-0.3, -0.25) is 4.79 Å². The van der Waals surface area contributed by atoms with Gasteiger partial charge < -0.3 is 5.32 Å². The van der Waals surface area contributed by atoms with Crippen LogP contribution in [0.2, 0.25) is 0 Å². The molecule has 1 aliphatic carbocycles. The number of hydrogen-bond acceptors (Lipinski definition) is 4. The maximum atomic E-state index is 12.7. The summed E-state index contributed by atoms with van der Waals surface area (Å²) in [6.07, 6.45) is 6.10. The molecule has 0 unspecified atom stereocenters. The molecule has 1 aromatic carbocycles. The minimum Gasteiger partial charge on any atom is -0.355 e. The lowest BCUT2D eigenvalue weighted by atomic mass is 9.69. The first-order valence-corrected chi connectivity index (χ1v) is 10.5. The Labute approximate surface area is 171 Å². The number of amides is 1. The van der Waals surface area contributed by atoms with Gasteiger partial charge in [-0.15, -0.1) is 5.10 Å². The largest absolute Gasteiger partial charge is 0.355 e. The number of benzene rings is 1. The minimum atomic E-state index is -0.0344. The van der Waals surface area contributed by atoms with E-state index in [1.165, 1.54) is 30.4 Å². The van der Waals surface area contributed by atoms with Crippen molar-refractivity contribution in [3.8, 4) is 0 Å². The summed E-state index contributed by atoms with van der Waals surface area (Å²) < 4.78 is 1.70. The van der Waals surface area contributed by atoms with E-state index in [4.69, 9.17) is 0 Å². The number of carbonyl (C=O) groups excluding carboxylic acids is 1. The van der Waals surface area contributed by atoms with Gasteiger partial charge in [0.1, 0.15) is 0 Å². The van der Waals surface area contributed by atoms with Gasteiger partial charge in [0.25, 0.3) is 5.78 Å². The number of nitrogens with zero attached hydrogens (tertiary/aromatic N) is 4. The highest BCUT2D eigenvalue weighted by Gasteiger charge is 2.34. The lowest BCUT2D eigenvalue weighted by Gasteiger charge is -2.38. The van der Waals surface area contributed by atoms with Gasteiger partial charge in [-0.25, -0.2) is 9.50 Å². The van der Waals surface area contributed by atoms with Gasteiger partial charge in [-0.1, -0.05) is 49.1 Å². The van der Waals surface area contributed by atoms with Crippen LogP contribution in [-0.4, -0.2) is 32.0 Å². The standard InChI is InChI=1S/C23H29N5O/c1-16-8-7-9-19(12-16)23(10-5-4-6-11-23)15-24-21(29)14-20-26-22-25-17(2)13-18(3)28(22)27-20/h7-9,12-13H,4-6,10-11,14-15H2,1-3H3,(H,24,29). The van der Waals surface area contributed by atoms with E-state index < -0.39 is 0 Å². The summed E-state index contributed by atoms with van der Waals surface area (Å²) in [6.45, 7) is 6.70. The number of aromatic nitrogens is 4. The zero-order valence-corrected chi connectivity index (χ0v) is 17.5. The molecule has 6 nitrogen and oxygen atoms in total. The Morgan fingerprint density at radius 2 is 1.90 bits per heavy atom. The van der Waals surface area contributed by atoms with Crippen molar-refractivity contribution in [3.05, 3.63) is 58.7 Å². The van der Waals surface area contributed by atoms with Gasteiger partial charge in [0.15, 0.2) is 5.82 Å². The van der Waals surface area contributed by atoms with E-state index in [0.29, 0.717) is 18.1 Å². The molecule has 2 heterocycles. The lowest BCUT2D eigenvalue weighted by Crippen LogP contribution is -2.42. The Balaban J connectivity index is 1.48. The molecule has 0 aliphatic heterocycles. The maximum absolute atomic E-state index is 12.7. The first kappa shape index (κ1) is 19.6. The smallest absolute Gasteiger partial charge is 0.252 e. The summed E-state index contributed by atoms with van der Waals surface area (Å²) in [5, 5.41) is 7.64. The van der Waals surface area contributed by atoms with Crippen LogP contribution in [-0.2, 0) is 16.6 Å². The van der Waals surface area contributed by atoms with Gasteiger partial charge in [0.2, 0.25) is 5.91 Å². The van der Waals surface area contributed by atoms with Gasteiger partial charge in [0.05, 0.1) is 6.42 Å². The number of nitrogens with one attached hydrogen (secondary N) is 1. The fourth-order valence-electron chi connectivity index (χ4n) is 4.53. The number of hydrogen-bond donors (Lipinski definition) is 1. The highest BCUT2D eigenvalue weighted by Crippen LogP contribution is 2.39. The SMILES string of the molecule is Cc1cccc(C2(CNC(=O)Cc3nc4nc(C)cc(C)n4n3)CCCCC2)c1. The van der Waals surface area contributed by atoms with Crippen LogP contribution in [0, 0.1) is 20.8 Å². The number of rotatable bonds is 5. The summed E-state index contributed by atoms with van der Waals surface area (Å²) in [7, 11) is 0. The zero-order valence-electron chi connectivity index (χ0n) is 17.5. The van der Waals surface area contributed by atoms with Crippen molar-refractivity contribution in [1.29, 1.82) is 0 Å². The lowest BCUT2D eigenvalue weighted by molar-refractivity contribution is -0.120.